The van der Waals surface area contributed by atoms with Gasteiger partial charge < -0.3 is 17.2 Å². The first-order valence-corrected chi connectivity index (χ1v) is 5.04. The summed E-state index contributed by atoms with van der Waals surface area (Å²) in [5, 5.41) is 0. The van der Waals surface area contributed by atoms with Gasteiger partial charge in [-0.1, -0.05) is 30.3 Å². The summed E-state index contributed by atoms with van der Waals surface area (Å²) in [6.45, 7) is 1.96. The third-order valence-corrected chi connectivity index (χ3v) is 1.97. The normalized spacial score (nSPS) is 12.4. The Kier molecular flexibility index (Phi) is 6.74. The molecule has 0 fully saturated rings. The van der Waals surface area contributed by atoms with Gasteiger partial charge in [0.1, 0.15) is 0 Å². The van der Waals surface area contributed by atoms with E-state index in [2.05, 4.69) is 9.98 Å². The van der Waals surface area contributed by atoms with E-state index in [0.29, 0.717) is 0 Å². The minimum Gasteiger partial charge on any atom is -0.370 e. The molecular weight excluding hydrogens is 238 g/mol. The number of hydrogen-bond donors (Lipinski definition) is 3. The van der Waals surface area contributed by atoms with E-state index in [0.717, 1.165) is 6.42 Å². The van der Waals surface area contributed by atoms with Crippen LogP contribution in [0.25, 0.3) is 0 Å². The molecular formula is C11H18ClN5. The Balaban J connectivity index is 0.00000256. The van der Waals surface area contributed by atoms with E-state index in [1.54, 1.807) is 0 Å². The van der Waals surface area contributed by atoms with Crippen LogP contribution in [0.5, 0.6) is 0 Å². The summed E-state index contributed by atoms with van der Waals surface area (Å²) in [4.78, 5) is 7.82. The van der Waals surface area contributed by atoms with Crippen LogP contribution in [0.15, 0.2) is 40.3 Å². The molecule has 0 radical (unpaired) electrons. The average Bonchev–Trinajstić information content (AvgIpc) is 2.17. The summed E-state index contributed by atoms with van der Waals surface area (Å²) < 4.78 is 0. The van der Waals surface area contributed by atoms with Crippen molar-refractivity contribution in [2.45, 2.75) is 19.4 Å². The SMILES string of the molecule is CC(Cc1ccccc1)N=C(N)N=C(N)N.Cl. The molecule has 1 rings (SSSR count). The second-order valence-corrected chi connectivity index (χ2v) is 3.56. The molecule has 1 aromatic rings. The molecule has 0 saturated heterocycles. The molecule has 5 nitrogen and oxygen atoms in total. The molecule has 0 heterocycles. The lowest BCUT2D eigenvalue weighted by Crippen LogP contribution is -2.27. The highest BCUT2D eigenvalue weighted by Gasteiger charge is 2.01. The van der Waals surface area contributed by atoms with Crippen LogP contribution in [-0.4, -0.2) is 18.0 Å². The van der Waals surface area contributed by atoms with E-state index in [1.807, 2.05) is 37.3 Å². The Labute approximate surface area is 107 Å². The van der Waals surface area contributed by atoms with E-state index in [4.69, 9.17) is 17.2 Å². The van der Waals surface area contributed by atoms with Crippen LogP contribution in [0.1, 0.15) is 12.5 Å². The predicted molar refractivity (Wildman–Crippen MR) is 74.3 cm³/mol. The van der Waals surface area contributed by atoms with Gasteiger partial charge in [0.2, 0.25) is 5.96 Å². The van der Waals surface area contributed by atoms with Crippen molar-refractivity contribution in [1.29, 1.82) is 0 Å². The molecule has 0 aliphatic heterocycles. The molecule has 6 heteroatoms. The average molecular weight is 256 g/mol. The van der Waals surface area contributed by atoms with Crippen molar-refractivity contribution in [1.82, 2.24) is 0 Å². The molecule has 17 heavy (non-hydrogen) atoms. The molecule has 0 amide bonds. The van der Waals surface area contributed by atoms with Gasteiger partial charge in [-0.05, 0) is 18.9 Å². The lowest BCUT2D eigenvalue weighted by Gasteiger charge is -2.06. The first-order chi connectivity index (χ1) is 7.58. The van der Waals surface area contributed by atoms with Crippen molar-refractivity contribution in [2.24, 2.45) is 27.2 Å². The highest BCUT2D eigenvalue weighted by Crippen LogP contribution is 2.05. The minimum atomic E-state index is -0.0758. The van der Waals surface area contributed by atoms with Crippen molar-refractivity contribution in [3.8, 4) is 0 Å². The number of nitrogens with two attached hydrogens (primary N) is 3. The second-order valence-electron chi connectivity index (χ2n) is 3.56. The molecule has 1 atom stereocenters. The standard InChI is InChI=1S/C11H17N5.ClH/c1-8(15-11(14)16-10(12)13)7-9-5-3-2-4-6-9;/h2-6,8H,7H2,1H3,(H6,12,13,14,15,16);1H. The Morgan fingerprint density at radius 2 is 1.76 bits per heavy atom. The molecule has 6 N–H and O–H groups in total. The van der Waals surface area contributed by atoms with Gasteiger partial charge in [-0.15, -0.1) is 12.4 Å². The summed E-state index contributed by atoms with van der Waals surface area (Å²) in [5.41, 5.74) is 17.1. The van der Waals surface area contributed by atoms with Crippen molar-refractivity contribution >= 4 is 24.3 Å². The van der Waals surface area contributed by atoms with Crippen molar-refractivity contribution in [2.75, 3.05) is 0 Å². The molecule has 94 valence electrons. The van der Waals surface area contributed by atoms with Gasteiger partial charge in [0, 0.05) is 0 Å². The van der Waals surface area contributed by atoms with Gasteiger partial charge in [-0.3, -0.25) is 0 Å². The van der Waals surface area contributed by atoms with Gasteiger partial charge in [0.25, 0.3) is 0 Å². The highest BCUT2D eigenvalue weighted by molar-refractivity contribution is 5.92. The van der Waals surface area contributed by atoms with Gasteiger partial charge in [-0.25, -0.2) is 4.99 Å². The Morgan fingerprint density at radius 1 is 1.18 bits per heavy atom. The van der Waals surface area contributed by atoms with E-state index < -0.39 is 0 Å². The van der Waals surface area contributed by atoms with Crippen LogP contribution in [0.4, 0.5) is 0 Å². The fourth-order valence-electron chi connectivity index (χ4n) is 1.39. The Morgan fingerprint density at radius 3 is 2.29 bits per heavy atom. The first-order valence-electron chi connectivity index (χ1n) is 5.04. The summed E-state index contributed by atoms with van der Waals surface area (Å²) in [7, 11) is 0. The molecule has 1 aromatic carbocycles. The van der Waals surface area contributed by atoms with Gasteiger partial charge in [0.05, 0.1) is 6.04 Å². The number of benzene rings is 1. The van der Waals surface area contributed by atoms with Gasteiger partial charge in [-0.2, -0.15) is 4.99 Å². The third-order valence-electron chi connectivity index (χ3n) is 1.97. The topological polar surface area (TPSA) is 103 Å². The fourth-order valence-corrected chi connectivity index (χ4v) is 1.39. The van der Waals surface area contributed by atoms with Crippen LogP contribution in [0, 0.1) is 0 Å². The van der Waals surface area contributed by atoms with Gasteiger partial charge >= 0.3 is 0 Å². The predicted octanol–water partition coefficient (Wildman–Crippen LogP) is 0.628. The zero-order valence-corrected chi connectivity index (χ0v) is 10.5. The maximum Gasteiger partial charge on any atom is 0.218 e. The summed E-state index contributed by atoms with van der Waals surface area (Å²) in [6, 6.07) is 10.1. The quantitative estimate of drug-likeness (QED) is 0.545. The number of halogens is 1. The second kappa shape index (κ2) is 7.51. The Hall–Kier alpha value is -1.75. The lowest BCUT2D eigenvalue weighted by molar-refractivity contribution is 0.738. The molecule has 1 unspecified atom stereocenters. The minimum absolute atomic E-state index is 0. The zero-order valence-electron chi connectivity index (χ0n) is 9.71. The van der Waals surface area contributed by atoms with Crippen LogP contribution >= 0.6 is 12.4 Å². The van der Waals surface area contributed by atoms with Crippen LogP contribution in [-0.2, 0) is 6.42 Å². The zero-order chi connectivity index (χ0) is 12.0. The van der Waals surface area contributed by atoms with Gasteiger partial charge in [0.15, 0.2) is 5.96 Å². The molecule has 0 aliphatic carbocycles. The molecule has 0 spiro atoms. The first kappa shape index (κ1) is 15.2. The van der Waals surface area contributed by atoms with Crippen LogP contribution < -0.4 is 17.2 Å². The summed E-state index contributed by atoms with van der Waals surface area (Å²) >= 11 is 0. The van der Waals surface area contributed by atoms with E-state index >= 15 is 0 Å². The summed E-state index contributed by atoms with van der Waals surface area (Å²) in [5.74, 6) is 0.0385. The maximum atomic E-state index is 5.53. The fraction of sp³-hybridized carbons (Fsp3) is 0.273. The summed E-state index contributed by atoms with van der Waals surface area (Å²) in [6.07, 6.45) is 0.807. The number of guanidine groups is 2. The molecule has 0 saturated carbocycles. The van der Waals surface area contributed by atoms with E-state index in [1.165, 1.54) is 5.56 Å². The monoisotopic (exact) mass is 255 g/mol. The van der Waals surface area contributed by atoms with Crippen molar-refractivity contribution in [3.05, 3.63) is 35.9 Å². The Bertz CT molecular complexity index is 384. The van der Waals surface area contributed by atoms with Crippen molar-refractivity contribution < 1.29 is 0 Å². The van der Waals surface area contributed by atoms with E-state index in [9.17, 15) is 0 Å². The molecule has 0 aliphatic rings. The number of aliphatic imine (C=N–C) groups is 2. The van der Waals surface area contributed by atoms with Crippen molar-refractivity contribution in [3.63, 3.8) is 0 Å². The third kappa shape index (κ3) is 6.42. The highest BCUT2D eigenvalue weighted by atomic mass is 35.5. The number of nitrogens with zero attached hydrogens (tertiary/aromatic N) is 2. The largest absolute Gasteiger partial charge is 0.370 e. The molecule has 0 bridgehead atoms. The smallest absolute Gasteiger partial charge is 0.218 e. The van der Waals surface area contributed by atoms with Crippen LogP contribution in [0.2, 0.25) is 0 Å². The molecule has 0 aromatic heterocycles. The van der Waals surface area contributed by atoms with Crippen LogP contribution in [0.3, 0.4) is 0 Å². The maximum absolute atomic E-state index is 5.53. The number of rotatable bonds is 3. The number of hydrogen-bond acceptors (Lipinski definition) is 1. The lowest BCUT2D eigenvalue weighted by atomic mass is 10.1. The van der Waals surface area contributed by atoms with E-state index in [-0.39, 0.29) is 30.4 Å².